The topological polar surface area (TPSA) is 64.3 Å². The Morgan fingerprint density at radius 3 is 2.19 bits per heavy atom. The van der Waals surface area contributed by atoms with Crippen molar-refractivity contribution in [2.24, 2.45) is 11.7 Å². The maximum absolute atomic E-state index is 12.6. The molecular formula is C23H28N2O2. The van der Waals surface area contributed by atoms with Crippen LogP contribution in [0.1, 0.15) is 33.3 Å². The van der Waals surface area contributed by atoms with Crippen LogP contribution in [-0.4, -0.2) is 5.91 Å². The molecule has 0 atom stereocenters. The highest BCUT2D eigenvalue weighted by atomic mass is 16.5. The van der Waals surface area contributed by atoms with Gasteiger partial charge in [-0.05, 0) is 55.2 Å². The van der Waals surface area contributed by atoms with Gasteiger partial charge in [0.15, 0.2) is 0 Å². The Balaban J connectivity index is 1.99. The maximum atomic E-state index is 12.6. The van der Waals surface area contributed by atoms with Gasteiger partial charge in [-0.3, -0.25) is 4.79 Å². The molecule has 0 aromatic heterocycles. The first-order valence-corrected chi connectivity index (χ1v) is 9.12. The lowest BCUT2D eigenvalue weighted by Gasteiger charge is -2.13. The van der Waals surface area contributed by atoms with E-state index in [-0.39, 0.29) is 5.91 Å². The van der Waals surface area contributed by atoms with Gasteiger partial charge in [0.1, 0.15) is 11.5 Å². The first-order chi connectivity index (χ1) is 12.9. The van der Waals surface area contributed by atoms with Crippen molar-refractivity contribution in [3.05, 3.63) is 83.1 Å². The summed E-state index contributed by atoms with van der Waals surface area (Å²) in [4.78, 5) is 12.6. The van der Waals surface area contributed by atoms with Crippen LogP contribution in [0.15, 0.2) is 77.5 Å². The fourth-order valence-corrected chi connectivity index (χ4v) is 2.82. The second-order valence-electron chi connectivity index (χ2n) is 6.89. The van der Waals surface area contributed by atoms with Gasteiger partial charge in [0.25, 0.3) is 5.91 Å². The van der Waals surface area contributed by atoms with E-state index >= 15 is 0 Å². The molecule has 1 amide bonds. The van der Waals surface area contributed by atoms with Crippen LogP contribution in [0.3, 0.4) is 0 Å². The summed E-state index contributed by atoms with van der Waals surface area (Å²) in [6, 6.07) is 17.3. The third kappa shape index (κ3) is 6.33. The highest BCUT2D eigenvalue weighted by molar-refractivity contribution is 5.98. The molecule has 0 saturated carbocycles. The number of benzene rings is 2. The molecule has 4 nitrogen and oxygen atoms in total. The lowest BCUT2D eigenvalue weighted by Crippen LogP contribution is -2.27. The molecule has 0 spiro atoms. The van der Waals surface area contributed by atoms with E-state index in [1.54, 1.807) is 6.92 Å². The van der Waals surface area contributed by atoms with Crippen LogP contribution in [0.2, 0.25) is 0 Å². The predicted octanol–water partition coefficient (Wildman–Crippen LogP) is 4.93. The summed E-state index contributed by atoms with van der Waals surface area (Å²) < 4.78 is 5.78. The summed E-state index contributed by atoms with van der Waals surface area (Å²) in [5.74, 6) is 1.74. The first-order valence-electron chi connectivity index (χ1n) is 9.12. The number of hydrogen-bond acceptors (Lipinski definition) is 3. The molecular weight excluding hydrogens is 336 g/mol. The van der Waals surface area contributed by atoms with Gasteiger partial charge in [0.05, 0.1) is 5.57 Å². The fourth-order valence-electron chi connectivity index (χ4n) is 2.82. The van der Waals surface area contributed by atoms with Crippen molar-refractivity contribution in [2.75, 3.05) is 0 Å². The number of nitrogens with one attached hydrogen (secondary N) is 1. The normalized spacial score (nSPS) is 12.6. The van der Waals surface area contributed by atoms with Crippen LogP contribution in [0.5, 0.6) is 11.5 Å². The first kappa shape index (κ1) is 20.3. The Morgan fingerprint density at radius 1 is 1.04 bits per heavy atom. The van der Waals surface area contributed by atoms with Crippen molar-refractivity contribution in [1.29, 1.82) is 0 Å². The van der Waals surface area contributed by atoms with Crippen LogP contribution in [0.25, 0.3) is 0 Å². The molecule has 2 aromatic carbocycles. The zero-order valence-electron chi connectivity index (χ0n) is 16.5. The SMILES string of the molecule is CC(=C/C(C)C)/C(C(=O)NCc1ccc(Oc2ccccc2)cc1)=C(\C)N. The number of carbonyl (C=O) groups is 1. The van der Waals surface area contributed by atoms with E-state index in [1.807, 2.05) is 67.6 Å². The minimum Gasteiger partial charge on any atom is -0.457 e. The number of carbonyl (C=O) groups excluding carboxylic acids is 1. The molecule has 0 radical (unpaired) electrons. The number of rotatable bonds is 7. The minimum atomic E-state index is -0.158. The Kier molecular flexibility index (Phi) is 7.24. The number of para-hydroxylation sites is 1. The molecule has 0 heterocycles. The van der Waals surface area contributed by atoms with E-state index in [0.717, 1.165) is 22.6 Å². The summed E-state index contributed by atoms with van der Waals surface area (Å²) in [6.45, 7) is 8.24. The highest BCUT2D eigenvalue weighted by Gasteiger charge is 2.14. The summed E-state index contributed by atoms with van der Waals surface area (Å²) in [6.07, 6.45) is 2.04. The van der Waals surface area contributed by atoms with Crippen LogP contribution >= 0.6 is 0 Å². The molecule has 0 unspecified atom stereocenters. The Hall–Kier alpha value is -3.01. The second kappa shape index (κ2) is 9.62. The fraction of sp³-hybridized carbons (Fsp3) is 0.261. The number of amides is 1. The average molecular weight is 364 g/mol. The zero-order valence-corrected chi connectivity index (χ0v) is 16.5. The molecule has 2 rings (SSSR count). The van der Waals surface area contributed by atoms with E-state index in [9.17, 15) is 4.79 Å². The van der Waals surface area contributed by atoms with E-state index in [2.05, 4.69) is 19.2 Å². The summed E-state index contributed by atoms with van der Waals surface area (Å²) in [5.41, 5.74) is 8.89. The number of allylic oxidation sites excluding steroid dienone is 2. The van der Waals surface area contributed by atoms with Gasteiger partial charge in [-0.25, -0.2) is 0 Å². The highest BCUT2D eigenvalue weighted by Crippen LogP contribution is 2.21. The average Bonchev–Trinajstić information content (AvgIpc) is 2.61. The summed E-state index contributed by atoms with van der Waals surface area (Å²) in [5, 5.41) is 2.95. The molecule has 4 heteroatoms. The molecule has 0 bridgehead atoms. The van der Waals surface area contributed by atoms with Crippen LogP contribution < -0.4 is 15.8 Å². The van der Waals surface area contributed by atoms with Crippen molar-refractivity contribution in [2.45, 2.75) is 34.2 Å². The monoisotopic (exact) mass is 364 g/mol. The molecule has 2 aromatic rings. The lowest BCUT2D eigenvalue weighted by molar-refractivity contribution is -0.117. The number of ether oxygens (including phenoxy) is 1. The minimum absolute atomic E-state index is 0.158. The third-order valence-electron chi connectivity index (χ3n) is 3.95. The lowest BCUT2D eigenvalue weighted by atomic mass is 10.0. The molecule has 27 heavy (non-hydrogen) atoms. The van der Waals surface area contributed by atoms with Crippen molar-refractivity contribution in [3.63, 3.8) is 0 Å². The molecule has 3 N–H and O–H groups in total. The van der Waals surface area contributed by atoms with Crippen LogP contribution in [0, 0.1) is 5.92 Å². The summed E-state index contributed by atoms with van der Waals surface area (Å²) >= 11 is 0. The van der Waals surface area contributed by atoms with Crippen LogP contribution in [-0.2, 0) is 11.3 Å². The Bertz CT molecular complexity index is 815. The van der Waals surface area contributed by atoms with Crippen LogP contribution in [0.4, 0.5) is 0 Å². The van der Waals surface area contributed by atoms with Gasteiger partial charge in [-0.15, -0.1) is 0 Å². The molecule has 0 fully saturated rings. The van der Waals surface area contributed by atoms with Gasteiger partial charge in [-0.1, -0.05) is 50.3 Å². The van der Waals surface area contributed by atoms with E-state index in [4.69, 9.17) is 10.5 Å². The number of hydrogen-bond donors (Lipinski definition) is 2. The quantitative estimate of drug-likeness (QED) is 0.541. The van der Waals surface area contributed by atoms with E-state index < -0.39 is 0 Å². The van der Waals surface area contributed by atoms with Gasteiger partial charge in [0, 0.05) is 12.2 Å². The van der Waals surface area contributed by atoms with Crippen molar-refractivity contribution < 1.29 is 9.53 Å². The Morgan fingerprint density at radius 2 is 1.63 bits per heavy atom. The molecule has 0 saturated heterocycles. The number of nitrogens with two attached hydrogens (primary N) is 1. The van der Waals surface area contributed by atoms with Gasteiger partial charge in [-0.2, -0.15) is 0 Å². The van der Waals surface area contributed by atoms with Gasteiger partial charge < -0.3 is 15.8 Å². The van der Waals surface area contributed by atoms with Gasteiger partial charge >= 0.3 is 0 Å². The van der Waals surface area contributed by atoms with E-state index in [1.165, 1.54) is 0 Å². The molecule has 0 aliphatic rings. The standard InChI is InChI=1S/C23H28N2O2/c1-16(2)14-17(3)22(18(4)24)23(26)25-15-19-10-12-21(13-11-19)27-20-8-6-5-7-9-20/h5-14,16H,15,24H2,1-4H3,(H,25,26)/b17-14-,22-18-. The molecule has 0 aliphatic carbocycles. The van der Waals surface area contributed by atoms with Crippen molar-refractivity contribution in [3.8, 4) is 11.5 Å². The summed E-state index contributed by atoms with van der Waals surface area (Å²) in [7, 11) is 0. The maximum Gasteiger partial charge on any atom is 0.253 e. The Labute approximate surface area is 161 Å². The van der Waals surface area contributed by atoms with Gasteiger partial charge in [0.2, 0.25) is 0 Å². The third-order valence-corrected chi connectivity index (χ3v) is 3.95. The van der Waals surface area contributed by atoms with E-state index in [0.29, 0.717) is 23.7 Å². The smallest absolute Gasteiger partial charge is 0.253 e. The molecule has 142 valence electrons. The van der Waals surface area contributed by atoms with Crippen molar-refractivity contribution >= 4 is 5.91 Å². The largest absolute Gasteiger partial charge is 0.457 e. The molecule has 0 aliphatic heterocycles. The predicted molar refractivity (Wildman–Crippen MR) is 110 cm³/mol. The zero-order chi connectivity index (χ0) is 19.8. The van der Waals surface area contributed by atoms with Crippen molar-refractivity contribution in [1.82, 2.24) is 5.32 Å². The second-order valence-corrected chi connectivity index (χ2v) is 6.89.